The summed E-state index contributed by atoms with van der Waals surface area (Å²) < 4.78 is 7.66. The number of nitrogens with zero attached hydrogens (tertiary/aromatic N) is 5. The molecular formula is C17H16ClN5O. The minimum Gasteiger partial charge on any atom is -0.370 e. The average Bonchev–Trinajstić information content (AvgIpc) is 3.13. The molecule has 0 amide bonds. The normalized spacial score (nSPS) is 17.9. The molecule has 2 aromatic carbocycles. The molecule has 122 valence electrons. The molecular weight excluding hydrogens is 326 g/mol. The van der Waals surface area contributed by atoms with E-state index >= 15 is 0 Å². The molecule has 0 radical (unpaired) electrons. The highest BCUT2D eigenvalue weighted by Crippen LogP contribution is 2.30. The lowest BCUT2D eigenvalue weighted by molar-refractivity contribution is 0.0391. The number of rotatable bonds is 3. The van der Waals surface area contributed by atoms with Gasteiger partial charge in [-0.15, -0.1) is 0 Å². The van der Waals surface area contributed by atoms with E-state index in [1.54, 1.807) is 4.68 Å². The van der Waals surface area contributed by atoms with Gasteiger partial charge in [-0.2, -0.15) is 4.68 Å². The van der Waals surface area contributed by atoms with Gasteiger partial charge >= 0.3 is 0 Å². The van der Waals surface area contributed by atoms with Crippen molar-refractivity contribution in [3.8, 4) is 5.69 Å². The van der Waals surface area contributed by atoms with Gasteiger partial charge in [0.1, 0.15) is 6.10 Å². The van der Waals surface area contributed by atoms with E-state index in [2.05, 4.69) is 20.4 Å². The van der Waals surface area contributed by atoms with Crippen LogP contribution >= 0.6 is 11.6 Å². The quantitative estimate of drug-likeness (QED) is 0.733. The van der Waals surface area contributed by atoms with Crippen LogP contribution in [0.25, 0.3) is 5.69 Å². The molecule has 1 aliphatic heterocycles. The van der Waals surface area contributed by atoms with E-state index in [0.717, 1.165) is 17.8 Å². The van der Waals surface area contributed by atoms with E-state index < -0.39 is 0 Å². The number of benzene rings is 2. The fraction of sp³-hybridized carbons (Fsp3) is 0.235. The maximum atomic E-state index is 6.31. The number of halogens is 1. The number of ether oxygens (including phenoxy) is 1. The van der Waals surface area contributed by atoms with Crippen LogP contribution in [-0.4, -0.2) is 39.9 Å². The highest BCUT2D eigenvalue weighted by atomic mass is 35.5. The minimum atomic E-state index is -0.103. The van der Waals surface area contributed by atoms with Crippen LogP contribution in [0.15, 0.2) is 54.6 Å². The summed E-state index contributed by atoms with van der Waals surface area (Å²) >= 11 is 6.31. The summed E-state index contributed by atoms with van der Waals surface area (Å²) in [5, 5.41) is 12.9. The van der Waals surface area contributed by atoms with Gasteiger partial charge in [0.25, 0.3) is 5.95 Å². The molecule has 6 nitrogen and oxygen atoms in total. The zero-order valence-electron chi connectivity index (χ0n) is 12.9. The maximum Gasteiger partial charge on any atom is 0.250 e. The third kappa shape index (κ3) is 2.86. The smallest absolute Gasteiger partial charge is 0.250 e. The number of tetrazole rings is 1. The fourth-order valence-electron chi connectivity index (χ4n) is 2.87. The number of hydrogen-bond acceptors (Lipinski definition) is 5. The maximum absolute atomic E-state index is 6.31. The summed E-state index contributed by atoms with van der Waals surface area (Å²) in [6.45, 7) is 1.97. The zero-order chi connectivity index (χ0) is 16.4. The van der Waals surface area contributed by atoms with Gasteiger partial charge in [0.15, 0.2) is 0 Å². The number of morpholine rings is 1. The molecule has 1 atom stereocenters. The summed E-state index contributed by atoms with van der Waals surface area (Å²) in [6.07, 6.45) is -0.103. The summed E-state index contributed by atoms with van der Waals surface area (Å²) in [7, 11) is 0. The van der Waals surface area contributed by atoms with Gasteiger partial charge in [0.05, 0.1) is 18.8 Å². The number of hydrogen-bond donors (Lipinski definition) is 0. The molecule has 0 N–H and O–H groups in total. The first-order valence-corrected chi connectivity index (χ1v) is 8.15. The summed E-state index contributed by atoms with van der Waals surface area (Å²) in [6, 6.07) is 17.6. The Morgan fingerprint density at radius 2 is 1.83 bits per heavy atom. The molecule has 3 aromatic rings. The first-order chi connectivity index (χ1) is 11.8. The van der Waals surface area contributed by atoms with Gasteiger partial charge < -0.3 is 9.64 Å². The molecule has 7 heteroatoms. The lowest BCUT2D eigenvalue weighted by Gasteiger charge is -2.33. The molecule has 24 heavy (non-hydrogen) atoms. The second-order valence-corrected chi connectivity index (χ2v) is 5.96. The zero-order valence-corrected chi connectivity index (χ0v) is 13.7. The standard InChI is InChI=1S/C17H16ClN5O/c18-15-9-5-4-8-14(15)16-12-22(10-11-24-16)17-19-20-21-23(17)13-6-2-1-3-7-13/h1-9,16H,10-12H2. The molecule has 1 unspecified atom stereocenters. The van der Waals surface area contributed by atoms with Crippen molar-refractivity contribution in [2.24, 2.45) is 0 Å². The molecule has 1 aromatic heterocycles. The second-order valence-electron chi connectivity index (χ2n) is 5.55. The van der Waals surface area contributed by atoms with Gasteiger partial charge in [-0.1, -0.05) is 53.1 Å². The highest BCUT2D eigenvalue weighted by molar-refractivity contribution is 6.31. The lowest BCUT2D eigenvalue weighted by Crippen LogP contribution is -2.40. The monoisotopic (exact) mass is 341 g/mol. The lowest BCUT2D eigenvalue weighted by atomic mass is 10.1. The Bertz CT molecular complexity index is 823. The van der Waals surface area contributed by atoms with E-state index in [1.165, 1.54) is 0 Å². The van der Waals surface area contributed by atoms with Crippen LogP contribution in [0, 0.1) is 0 Å². The predicted octanol–water partition coefficient (Wildman–Crippen LogP) is 2.89. The van der Waals surface area contributed by atoms with E-state index in [0.29, 0.717) is 24.1 Å². The minimum absolute atomic E-state index is 0.103. The van der Waals surface area contributed by atoms with E-state index in [4.69, 9.17) is 16.3 Å². The largest absolute Gasteiger partial charge is 0.370 e. The summed E-state index contributed by atoms with van der Waals surface area (Å²) in [5.41, 5.74) is 1.92. The van der Waals surface area contributed by atoms with Crippen LogP contribution in [0.5, 0.6) is 0 Å². The van der Waals surface area contributed by atoms with Crippen molar-refractivity contribution in [3.63, 3.8) is 0 Å². The van der Waals surface area contributed by atoms with Crippen molar-refractivity contribution in [2.45, 2.75) is 6.10 Å². The molecule has 1 fully saturated rings. The third-order valence-electron chi connectivity index (χ3n) is 4.06. The molecule has 0 spiro atoms. The summed E-state index contributed by atoms with van der Waals surface area (Å²) in [4.78, 5) is 2.13. The van der Waals surface area contributed by atoms with Crippen molar-refractivity contribution < 1.29 is 4.74 Å². The summed E-state index contributed by atoms with van der Waals surface area (Å²) in [5.74, 6) is 0.710. The Kier molecular flexibility index (Phi) is 4.15. The van der Waals surface area contributed by atoms with Crippen LogP contribution in [0.2, 0.25) is 5.02 Å². The Balaban J connectivity index is 1.62. The fourth-order valence-corrected chi connectivity index (χ4v) is 3.13. The van der Waals surface area contributed by atoms with E-state index in [9.17, 15) is 0 Å². The average molecular weight is 342 g/mol. The van der Waals surface area contributed by atoms with Gasteiger partial charge in [-0.25, -0.2) is 0 Å². The van der Waals surface area contributed by atoms with Crippen molar-refractivity contribution >= 4 is 17.5 Å². The third-order valence-corrected chi connectivity index (χ3v) is 4.40. The Labute approximate surface area is 144 Å². The van der Waals surface area contributed by atoms with Crippen molar-refractivity contribution in [3.05, 3.63) is 65.2 Å². The van der Waals surface area contributed by atoms with Gasteiger partial charge in [0.2, 0.25) is 0 Å². The van der Waals surface area contributed by atoms with Gasteiger partial charge in [-0.05, 0) is 28.6 Å². The van der Waals surface area contributed by atoms with Crippen LogP contribution in [0.1, 0.15) is 11.7 Å². The molecule has 4 rings (SSSR count). The number of anilines is 1. The number of aromatic nitrogens is 4. The topological polar surface area (TPSA) is 56.1 Å². The van der Waals surface area contributed by atoms with Crippen molar-refractivity contribution in [2.75, 3.05) is 24.6 Å². The Morgan fingerprint density at radius 3 is 2.67 bits per heavy atom. The Morgan fingerprint density at radius 1 is 1.04 bits per heavy atom. The van der Waals surface area contributed by atoms with Gasteiger partial charge in [0, 0.05) is 17.1 Å². The second kappa shape index (κ2) is 6.59. The van der Waals surface area contributed by atoms with E-state index in [-0.39, 0.29) is 6.10 Å². The van der Waals surface area contributed by atoms with Crippen molar-refractivity contribution in [1.29, 1.82) is 0 Å². The number of para-hydroxylation sites is 1. The first-order valence-electron chi connectivity index (χ1n) is 7.78. The van der Waals surface area contributed by atoms with Crippen LogP contribution < -0.4 is 4.90 Å². The SMILES string of the molecule is Clc1ccccc1C1CN(c2nnnn2-c2ccccc2)CCO1. The molecule has 1 saturated heterocycles. The molecule has 0 bridgehead atoms. The van der Waals surface area contributed by atoms with Crippen LogP contribution in [0.4, 0.5) is 5.95 Å². The molecule has 0 aliphatic carbocycles. The van der Waals surface area contributed by atoms with Crippen molar-refractivity contribution in [1.82, 2.24) is 20.2 Å². The van der Waals surface area contributed by atoms with Gasteiger partial charge in [-0.3, -0.25) is 0 Å². The predicted molar refractivity (Wildman–Crippen MR) is 91.5 cm³/mol. The van der Waals surface area contributed by atoms with Crippen LogP contribution in [-0.2, 0) is 4.74 Å². The molecule has 1 aliphatic rings. The Hall–Kier alpha value is -2.44. The van der Waals surface area contributed by atoms with E-state index in [1.807, 2.05) is 54.6 Å². The molecule has 0 saturated carbocycles. The highest BCUT2D eigenvalue weighted by Gasteiger charge is 2.27. The first kappa shape index (κ1) is 15.1. The van der Waals surface area contributed by atoms with Crippen LogP contribution in [0.3, 0.4) is 0 Å². The molecule has 2 heterocycles.